The highest BCUT2D eigenvalue weighted by atomic mass is 16.3. The topological polar surface area (TPSA) is 82.2 Å². The van der Waals surface area contributed by atoms with Crippen LogP contribution in [0.3, 0.4) is 0 Å². The van der Waals surface area contributed by atoms with Crippen LogP contribution in [0.5, 0.6) is 11.5 Å². The second-order valence-electron chi connectivity index (χ2n) is 13.3. The highest BCUT2D eigenvalue weighted by Gasteiger charge is 2.29. The fourth-order valence-corrected chi connectivity index (χ4v) is 3.88. The third-order valence-electron chi connectivity index (χ3n) is 5.94. The van der Waals surface area contributed by atoms with E-state index in [0.29, 0.717) is 22.4 Å². The van der Waals surface area contributed by atoms with Gasteiger partial charge in [0.1, 0.15) is 11.5 Å². The molecule has 0 atom stereocenters. The molecule has 0 aliphatic rings. The molecular formula is C29H42N2O3. The smallest absolute Gasteiger partial charge is 0.295 e. The minimum absolute atomic E-state index is 0.219. The molecule has 0 radical (unpaired) electrons. The zero-order chi connectivity index (χ0) is 26.4. The van der Waals surface area contributed by atoms with Crippen molar-refractivity contribution in [2.75, 3.05) is 0 Å². The van der Waals surface area contributed by atoms with E-state index in [4.69, 9.17) is 0 Å². The quantitative estimate of drug-likeness (QED) is 0.437. The molecule has 0 bridgehead atoms. The molecule has 0 aliphatic carbocycles. The van der Waals surface area contributed by atoms with Crippen LogP contribution in [0.25, 0.3) is 0 Å². The van der Waals surface area contributed by atoms with Crippen LogP contribution in [0.15, 0.2) is 34.5 Å². The van der Waals surface area contributed by atoms with E-state index < -0.39 is 5.91 Å². The Morgan fingerprint density at radius 1 is 0.588 bits per heavy atom. The fourth-order valence-electron chi connectivity index (χ4n) is 3.88. The van der Waals surface area contributed by atoms with Crippen molar-refractivity contribution in [2.45, 2.75) is 105 Å². The maximum absolute atomic E-state index is 13.1. The van der Waals surface area contributed by atoms with Crippen molar-refractivity contribution < 1.29 is 15.0 Å². The number of amides is 1. The van der Waals surface area contributed by atoms with E-state index in [0.717, 1.165) is 11.1 Å². The number of benzene rings is 2. The summed E-state index contributed by atoms with van der Waals surface area (Å²) in [4.78, 5) is 13.1. The number of phenolic OH excluding ortho intramolecular Hbond substituents is 2. The SMILES string of the molecule is CC(C)(C)c1cc(N=NC(=O)c2cc(C(C)(C)C)c(O)c(C(C)(C)C)c2)cc(C(C)(C)C)c1O. The Morgan fingerprint density at radius 3 is 1.18 bits per heavy atom. The van der Waals surface area contributed by atoms with Gasteiger partial charge in [0.05, 0.1) is 5.69 Å². The molecule has 0 fully saturated rings. The molecule has 5 heteroatoms. The maximum Gasteiger partial charge on any atom is 0.295 e. The summed E-state index contributed by atoms with van der Waals surface area (Å²) >= 11 is 0. The summed E-state index contributed by atoms with van der Waals surface area (Å²) < 4.78 is 0. The van der Waals surface area contributed by atoms with Gasteiger partial charge >= 0.3 is 0 Å². The van der Waals surface area contributed by atoms with Crippen LogP contribution in [-0.4, -0.2) is 16.1 Å². The molecule has 2 aromatic carbocycles. The van der Waals surface area contributed by atoms with Crippen molar-refractivity contribution in [3.8, 4) is 11.5 Å². The van der Waals surface area contributed by atoms with Crippen LogP contribution >= 0.6 is 0 Å². The van der Waals surface area contributed by atoms with Crippen LogP contribution in [0.4, 0.5) is 5.69 Å². The van der Waals surface area contributed by atoms with Crippen molar-refractivity contribution >= 4 is 11.6 Å². The van der Waals surface area contributed by atoms with Gasteiger partial charge in [-0.25, -0.2) is 0 Å². The average Bonchev–Trinajstić information content (AvgIpc) is 2.63. The van der Waals surface area contributed by atoms with Crippen molar-refractivity contribution in [3.05, 3.63) is 52.1 Å². The summed E-state index contributed by atoms with van der Waals surface area (Å²) in [5.74, 6) is 0.00352. The van der Waals surface area contributed by atoms with Crippen molar-refractivity contribution in [3.63, 3.8) is 0 Å². The van der Waals surface area contributed by atoms with Gasteiger partial charge in [0.2, 0.25) is 0 Å². The monoisotopic (exact) mass is 466 g/mol. The Hall–Kier alpha value is -2.69. The highest BCUT2D eigenvalue weighted by Crippen LogP contribution is 2.42. The molecule has 1 amide bonds. The third kappa shape index (κ3) is 6.05. The van der Waals surface area contributed by atoms with Gasteiger partial charge < -0.3 is 10.2 Å². The molecule has 34 heavy (non-hydrogen) atoms. The number of hydrogen-bond donors (Lipinski definition) is 2. The van der Waals surface area contributed by atoms with Crippen molar-refractivity contribution in [1.82, 2.24) is 0 Å². The summed E-state index contributed by atoms with van der Waals surface area (Å²) in [6.07, 6.45) is 0. The van der Waals surface area contributed by atoms with Gasteiger partial charge in [-0.3, -0.25) is 4.79 Å². The lowest BCUT2D eigenvalue weighted by Gasteiger charge is -2.27. The van der Waals surface area contributed by atoms with Crippen LogP contribution in [0, 0.1) is 0 Å². The van der Waals surface area contributed by atoms with Crippen LogP contribution < -0.4 is 0 Å². The molecule has 0 saturated carbocycles. The molecule has 0 heterocycles. The summed E-state index contributed by atoms with van der Waals surface area (Å²) in [6, 6.07) is 7.01. The predicted octanol–water partition coefficient (Wildman–Crippen LogP) is 8.21. The fraction of sp³-hybridized carbons (Fsp3) is 0.552. The van der Waals surface area contributed by atoms with Gasteiger partial charge in [-0.05, 0) is 45.9 Å². The number of carbonyl (C=O) groups is 1. The van der Waals surface area contributed by atoms with Crippen LogP contribution in [0.2, 0.25) is 0 Å². The van der Waals surface area contributed by atoms with E-state index in [9.17, 15) is 15.0 Å². The van der Waals surface area contributed by atoms with Gasteiger partial charge in [0.15, 0.2) is 0 Å². The Morgan fingerprint density at radius 2 is 0.882 bits per heavy atom. The number of azo groups is 1. The van der Waals surface area contributed by atoms with Gasteiger partial charge in [0.25, 0.3) is 5.91 Å². The van der Waals surface area contributed by atoms with E-state index >= 15 is 0 Å². The summed E-state index contributed by atoms with van der Waals surface area (Å²) in [6.45, 7) is 24.2. The first kappa shape index (κ1) is 27.6. The minimum atomic E-state index is -0.473. The van der Waals surface area contributed by atoms with E-state index in [2.05, 4.69) is 10.2 Å². The first-order valence-corrected chi connectivity index (χ1v) is 11.9. The molecule has 0 spiro atoms. The van der Waals surface area contributed by atoms with Crippen molar-refractivity contribution in [1.29, 1.82) is 0 Å². The normalized spacial score (nSPS) is 13.5. The van der Waals surface area contributed by atoms with Gasteiger partial charge in [-0.15, -0.1) is 10.2 Å². The van der Waals surface area contributed by atoms with Gasteiger partial charge in [-0.1, -0.05) is 83.1 Å². The van der Waals surface area contributed by atoms with Gasteiger partial charge in [-0.2, -0.15) is 0 Å². The molecular weight excluding hydrogens is 424 g/mol. The molecule has 0 saturated heterocycles. The zero-order valence-corrected chi connectivity index (χ0v) is 23.0. The second kappa shape index (κ2) is 8.83. The average molecular weight is 467 g/mol. The number of carbonyl (C=O) groups excluding carboxylic acids is 1. The molecule has 0 aliphatic heterocycles. The first-order valence-electron chi connectivity index (χ1n) is 11.9. The van der Waals surface area contributed by atoms with E-state index in [1.807, 2.05) is 83.1 Å². The van der Waals surface area contributed by atoms with Crippen LogP contribution in [0.1, 0.15) is 116 Å². The molecule has 2 N–H and O–H groups in total. The van der Waals surface area contributed by atoms with E-state index in [1.165, 1.54) is 0 Å². The first-order chi connectivity index (χ1) is 15.1. The molecule has 5 nitrogen and oxygen atoms in total. The molecule has 0 aromatic heterocycles. The Balaban J connectivity index is 2.63. The summed E-state index contributed by atoms with van der Waals surface area (Å²) in [7, 11) is 0. The van der Waals surface area contributed by atoms with Crippen LogP contribution in [-0.2, 0) is 21.7 Å². The zero-order valence-electron chi connectivity index (χ0n) is 23.0. The lowest BCUT2D eigenvalue weighted by atomic mass is 9.78. The Labute approximate surface area is 205 Å². The molecule has 2 aromatic rings. The maximum atomic E-state index is 13.1. The number of aromatic hydroxyl groups is 2. The molecule has 0 unspecified atom stereocenters. The lowest BCUT2D eigenvalue weighted by Crippen LogP contribution is -2.18. The largest absolute Gasteiger partial charge is 0.507 e. The summed E-state index contributed by atoms with van der Waals surface area (Å²) in [5.41, 5.74) is 2.53. The van der Waals surface area contributed by atoms with E-state index in [-0.39, 0.29) is 33.2 Å². The highest BCUT2D eigenvalue weighted by molar-refractivity contribution is 5.95. The van der Waals surface area contributed by atoms with E-state index in [1.54, 1.807) is 24.3 Å². The Bertz CT molecular complexity index is 1050. The predicted molar refractivity (Wildman–Crippen MR) is 140 cm³/mol. The van der Waals surface area contributed by atoms with Crippen molar-refractivity contribution in [2.24, 2.45) is 10.2 Å². The third-order valence-corrected chi connectivity index (χ3v) is 5.94. The minimum Gasteiger partial charge on any atom is -0.507 e. The number of hydrogen-bond acceptors (Lipinski definition) is 4. The number of phenols is 2. The Kier molecular flexibility index (Phi) is 7.15. The second-order valence-corrected chi connectivity index (χ2v) is 13.3. The summed E-state index contributed by atoms with van der Waals surface area (Å²) in [5, 5.41) is 30.2. The standard InChI is InChI=1S/C29H42N2O3/c1-26(2,3)19-13-17(14-20(23(19)32)27(4,5)6)25(34)31-30-18-15-21(28(7,8)9)24(33)22(16-18)29(10,11)12/h13-16,32-33H,1-12H3. The molecule has 2 rings (SSSR count). The molecule has 186 valence electrons. The van der Waals surface area contributed by atoms with Gasteiger partial charge in [0, 0.05) is 27.8 Å². The number of nitrogens with zero attached hydrogens (tertiary/aromatic N) is 2. The lowest BCUT2D eigenvalue weighted by molar-refractivity contribution is 0.0994. The number of rotatable bonds is 2.